The molecule has 16 heteroatoms. The van der Waals surface area contributed by atoms with Crippen LogP contribution in [0.5, 0.6) is 5.75 Å². The second kappa shape index (κ2) is 11.6. The Morgan fingerprint density at radius 1 is 1.15 bits per heavy atom. The molecule has 0 saturated heterocycles. The average Bonchev–Trinajstić information content (AvgIpc) is 2.82. The first-order valence-electron chi connectivity index (χ1n) is 12.1. The molecule has 2 aromatic rings. The van der Waals surface area contributed by atoms with Gasteiger partial charge in [-0.2, -0.15) is 0 Å². The Morgan fingerprint density at radius 3 is 2.35 bits per heavy atom. The zero-order chi connectivity index (χ0) is 30.2. The van der Waals surface area contributed by atoms with Gasteiger partial charge >= 0.3 is 7.60 Å². The summed E-state index contributed by atoms with van der Waals surface area (Å²) in [5, 5.41) is 13.0. The van der Waals surface area contributed by atoms with Crippen molar-refractivity contribution in [2.24, 2.45) is 5.41 Å². The Hall–Kier alpha value is -2.73. The minimum atomic E-state index is -4.48. The summed E-state index contributed by atoms with van der Waals surface area (Å²) in [5.74, 6) is -4.41. The summed E-state index contributed by atoms with van der Waals surface area (Å²) in [6.07, 6.45) is 0.222. The topological polar surface area (TPSA) is 186 Å². The van der Waals surface area contributed by atoms with Crippen LogP contribution < -0.4 is 10.7 Å². The molecule has 2 atom stereocenters. The third-order valence-electron chi connectivity index (χ3n) is 6.88. The van der Waals surface area contributed by atoms with Crippen molar-refractivity contribution in [3.05, 3.63) is 63.1 Å². The smallest absolute Gasteiger partial charge is 0.326 e. The van der Waals surface area contributed by atoms with Crippen LogP contribution in [0.2, 0.25) is 0 Å². The van der Waals surface area contributed by atoms with E-state index in [-0.39, 0.29) is 37.1 Å². The molecule has 12 nitrogen and oxygen atoms in total. The van der Waals surface area contributed by atoms with Crippen LogP contribution in [-0.4, -0.2) is 79.1 Å². The number of nitrogens with one attached hydrogen (secondary N) is 1. The lowest BCUT2D eigenvalue weighted by Gasteiger charge is -2.45. The Labute approximate surface area is 228 Å². The Balaban J connectivity index is 1.98. The highest BCUT2D eigenvalue weighted by molar-refractivity contribution is 7.57. The number of rotatable bonds is 10. The summed E-state index contributed by atoms with van der Waals surface area (Å²) < 4.78 is 51.9. The zero-order valence-electron chi connectivity index (χ0n) is 22.0. The standard InChI is InChI=1S/C24H31F2N3O9P2/c1-24(2)18(28(6-8-39(3,34)35)7-9-40(36,37)38)13-29-12-16(20(30)21(31)19(29)22(24)32)23(33)27-11-14-4-5-15(25)10-17(14)26/h4-5,10,12,18,31H,6-9,11,13H2,1-3H3,(H,27,33)(H,34,35)(H2,36,37,38). The van der Waals surface area contributed by atoms with Gasteiger partial charge in [0.1, 0.15) is 22.9 Å². The van der Waals surface area contributed by atoms with E-state index in [1.54, 1.807) is 0 Å². The molecular weight excluding hydrogens is 574 g/mol. The lowest BCUT2D eigenvalue weighted by molar-refractivity contribution is 0.0438. The molecule has 1 aliphatic rings. The number of benzene rings is 1. The van der Waals surface area contributed by atoms with Gasteiger partial charge in [-0.05, 0) is 6.07 Å². The highest BCUT2D eigenvalue weighted by Crippen LogP contribution is 2.41. The molecule has 1 amide bonds. The van der Waals surface area contributed by atoms with Crippen LogP contribution in [-0.2, 0) is 22.2 Å². The molecule has 0 spiro atoms. The van der Waals surface area contributed by atoms with Gasteiger partial charge in [0.25, 0.3) is 5.91 Å². The van der Waals surface area contributed by atoms with Crippen LogP contribution >= 0.6 is 15.0 Å². The number of aromatic nitrogens is 1. The normalized spacial score (nSPS) is 18.3. The van der Waals surface area contributed by atoms with Crippen molar-refractivity contribution in [1.82, 2.24) is 14.8 Å². The summed E-state index contributed by atoms with van der Waals surface area (Å²) >= 11 is 0. The molecule has 0 saturated carbocycles. The van der Waals surface area contributed by atoms with Gasteiger partial charge < -0.3 is 29.7 Å². The molecule has 0 fully saturated rings. The molecule has 0 radical (unpaired) electrons. The van der Waals surface area contributed by atoms with E-state index in [0.717, 1.165) is 25.0 Å². The third-order valence-corrected chi connectivity index (χ3v) is 8.69. The second-order valence-corrected chi connectivity index (χ2v) is 14.7. The number of hydrogen-bond donors (Lipinski definition) is 5. The van der Waals surface area contributed by atoms with Crippen LogP contribution in [0.15, 0.2) is 29.2 Å². The predicted molar refractivity (Wildman–Crippen MR) is 141 cm³/mol. The number of aromatic hydroxyl groups is 1. The van der Waals surface area contributed by atoms with Crippen LogP contribution in [0.1, 0.15) is 40.3 Å². The van der Waals surface area contributed by atoms with Crippen molar-refractivity contribution in [3.63, 3.8) is 0 Å². The number of fused-ring (bicyclic) bond motifs is 1. The summed E-state index contributed by atoms with van der Waals surface area (Å²) in [5.41, 5.74) is -3.46. The Morgan fingerprint density at radius 2 is 1.77 bits per heavy atom. The molecule has 0 bridgehead atoms. The van der Waals surface area contributed by atoms with Crippen molar-refractivity contribution < 1.29 is 47.3 Å². The molecule has 1 aromatic heterocycles. The summed E-state index contributed by atoms with van der Waals surface area (Å²) in [4.78, 5) is 69.3. The lowest BCUT2D eigenvalue weighted by atomic mass is 9.75. The Bertz CT molecular complexity index is 1460. The fraction of sp³-hybridized carbons (Fsp3) is 0.458. The van der Waals surface area contributed by atoms with Crippen molar-refractivity contribution in [3.8, 4) is 5.75 Å². The number of carbonyl (C=O) groups excluding carboxylic acids is 2. The third kappa shape index (κ3) is 7.31. The fourth-order valence-electron chi connectivity index (χ4n) is 4.57. The van der Waals surface area contributed by atoms with E-state index in [0.29, 0.717) is 6.07 Å². The number of nitrogens with zero attached hydrogens (tertiary/aromatic N) is 2. The van der Waals surface area contributed by atoms with Gasteiger partial charge in [-0.3, -0.25) is 28.4 Å². The largest absolute Gasteiger partial charge is 0.503 e. The molecular formula is C24H31F2N3O9P2. The molecule has 5 N–H and O–H groups in total. The maximum atomic E-state index is 14.0. The summed E-state index contributed by atoms with van der Waals surface area (Å²) in [6, 6.07) is 1.91. The molecule has 3 rings (SSSR count). The minimum absolute atomic E-state index is 0.0631. The highest BCUT2D eigenvalue weighted by Gasteiger charge is 2.47. The van der Waals surface area contributed by atoms with Gasteiger partial charge in [0.15, 0.2) is 18.9 Å². The number of halogens is 2. The zero-order valence-corrected chi connectivity index (χ0v) is 23.8. The molecule has 1 aliphatic heterocycles. The maximum absolute atomic E-state index is 14.0. The molecule has 0 aliphatic carbocycles. The van der Waals surface area contributed by atoms with Crippen molar-refractivity contribution in [2.75, 3.05) is 32.1 Å². The monoisotopic (exact) mass is 605 g/mol. The minimum Gasteiger partial charge on any atom is -0.503 e. The molecule has 1 aromatic carbocycles. The van der Waals surface area contributed by atoms with Crippen LogP contribution in [0.25, 0.3) is 0 Å². The molecule has 40 heavy (non-hydrogen) atoms. The van der Waals surface area contributed by atoms with Gasteiger partial charge in [0, 0.05) is 68.3 Å². The number of amides is 1. The predicted octanol–water partition coefficient (Wildman–Crippen LogP) is 1.73. The highest BCUT2D eigenvalue weighted by atomic mass is 31.2. The number of pyridine rings is 1. The maximum Gasteiger partial charge on any atom is 0.326 e. The SMILES string of the molecule is CC1(C)C(=O)c2c(O)c(=O)c(C(=O)NCc3ccc(F)cc3F)cn2CC1N(CCP(C)(=O)O)CCP(=O)(O)O. The number of hydrogen-bond acceptors (Lipinski definition) is 7. The number of carbonyl (C=O) groups is 2. The number of Topliss-reactive ketones (excluding diaryl/α,β-unsaturated/α-hetero) is 1. The van der Waals surface area contributed by atoms with Crippen LogP contribution in [0.4, 0.5) is 8.78 Å². The average molecular weight is 605 g/mol. The van der Waals surface area contributed by atoms with E-state index in [1.165, 1.54) is 23.3 Å². The first-order chi connectivity index (χ1) is 18.3. The first-order valence-corrected chi connectivity index (χ1v) is 16.2. The van der Waals surface area contributed by atoms with Gasteiger partial charge in [0.05, 0.1) is 6.16 Å². The van der Waals surface area contributed by atoms with E-state index >= 15 is 0 Å². The lowest BCUT2D eigenvalue weighted by Crippen LogP contribution is -2.56. The molecule has 2 heterocycles. The quantitative estimate of drug-likeness (QED) is 0.250. The van der Waals surface area contributed by atoms with Crippen LogP contribution in [0, 0.1) is 17.0 Å². The molecule has 2 unspecified atom stereocenters. The molecule has 220 valence electrons. The van der Waals surface area contributed by atoms with E-state index in [9.17, 15) is 52.1 Å². The van der Waals surface area contributed by atoms with Crippen molar-refractivity contribution >= 4 is 26.7 Å². The van der Waals surface area contributed by atoms with Gasteiger partial charge in [-0.15, -0.1) is 0 Å². The first kappa shape index (κ1) is 31.8. The summed E-state index contributed by atoms with van der Waals surface area (Å²) in [6.45, 7) is 3.30. The van der Waals surface area contributed by atoms with E-state index < -0.39 is 79.2 Å². The van der Waals surface area contributed by atoms with Crippen LogP contribution in [0.3, 0.4) is 0 Å². The van der Waals surface area contributed by atoms with Gasteiger partial charge in [-0.25, -0.2) is 8.78 Å². The van der Waals surface area contributed by atoms with Gasteiger partial charge in [-0.1, -0.05) is 19.9 Å². The van der Waals surface area contributed by atoms with Crippen molar-refractivity contribution in [1.29, 1.82) is 0 Å². The van der Waals surface area contributed by atoms with Gasteiger partial charge in [0.2, 0.25) is 5.43 Å². The van der Waals surface area contributed by atoms with E-state index in [1.807, 2.05) is 0 Å². The second-order valence-electron chi connectivity index (χ2n) is 10.4. The summed E-state index contributed by atoms with van der Waals surface area (Å²) in [7, 11) is -8.02. The fourth-order valence-corrected chi connectivity index (χ4v) is 5.71. The van der Waals surface area contributed by atoms with E-state index in [4.69, 9.17) is 0 Å². The van der Waals surface area contributed by atoms with E-state index in [2.05, 4.69) is 5.32 Å². The Kier molecular flexibility index (Phi) is 9.25. The number of ketones is 1. The van der Waals surface area contributed by atoms with Crippen molar-refractivity contribution in [2.45, 2.75) is 33.0 Å².